The lowest BCUT2D eigenvalue weighted by Crippen LogP contribution is -1.80. The average molecular weight is 166 g/mol. The van der Waals surface area contributed by atoms with Crippen LogP contribution in [-0.4, -0.2) is 28.9 Å². The fourth-order valence-electron chi connectivity index (χ4n) is 0.539. The van der Waals surface area contributed by atoms with Crippen molar-refractivity contribution < 1.29 is 15.7 Å². The molecule has 0 rings (SSSR count). The molecule has 3 nitrogen and oxygen atoms in total. The number of aliphatic hydroxyl groups is 2. The highest BCUT2D eigenvalue weighted by Crippen LogP contribution is 1.95. The van der Waals surface area contributed by atoms with Crippen LogP contribution in [0.2, 0.25) is 0 Å². The van der Waals surface area contributed by atoms with Gasteiger partial charge in [-0.1, -0.05) is 26.2 Å². The second kappa shape index (κ2) is 22.5. The molecule has 0 aromatic carbocycles. The number of hydrogen-bond acceptors (Lipinski definition) is 2. The van der Waals surface area contributed by atoms with Crippen molar-refractivity contribution in [1.82, 2.24) is 0 Å². The molecule has 3 heteroatoms. The van der Waals surface area contributed by atoms with E-state index in [1.54, 1.807) is 6.92 Å². The van der Waals surface area contributed by atoms with E-state index < -0.39 is 0 Å². The third kappa shape index (κ3) is 40.8. The SMILES string of the molecule is CCCCCCO.CCO.O. The van der Waals surface area contributed by atoms with Crippen LogP contribution in [0.25, 0.3) is 0 Å². The maximum atomic E-state index is 8.29. The smallest absolute Gasteiger partial charge is 0.0431 e. The third-order valence-electron chi connectivity index (χ3n) is 1.01. The molecule has 0 atom stereocenters. The van der Waals surface area contributed by atoms with Gasteiger partial charge in [0.2, 0.25) is 0 Å². The van der Waals surface area contributed by atoms with Crippen molar-refractivity contribution in [3.63, 3.8) is 0 Å². The van der Waals surface area contributed by atoms with Crippen LogP contribution in [0.5, 0.6) is 0 Å². The highest BCUT2D eigenvalue weighted by atomic mass is 16.3. The number of unbranched alkanes of at least 4 members (excludes halogenated alkanes) is 3. The predicted octanol–water partition coefficient (Wildman–Crippen LogP) is 0.733. The molecule has 0 fully saturated rings. The van der Waals surface area contributed by atoms with Crippen LogP contribution < -0.4 is 0 Å². The minimum absolute atomic E-state index is 0. The quantitative estimate of drug-likeness (QED) is 0.604. The van der Waals surface area contributed by atoms with Gasteiger partial charge >= 0.3 is 0 Å². The average Bonchev–Trinajstić information content (AvgIpc) is 1.91. The molecular formula is C8H22O3. The van der Waals surface area contributed by atoms with E-state index in [2.05, 4.69) is 6.92 Å². The van der Waals surface area contributed by atoms with E-state index in [0.717, 1.165) is 6.42 Å². The van der Waals surface area contributed by atoms with Crippen LogP contribution in [0.1, 0.15) is 39.5 Å². The van der Waals surface area contributed by atoms with E-state index in [9.17, 15) is 0 Å². The van der Waals surface area contributed by atoms with Gasteiger partial charge in [-0.05, 0) is 13.3 Å². The zero-order chi connectivity index (χ0) is 8.24. The molecule has 0 amide bonds. The summed E-state index contributed by atoms with van der Waals surface area (Å²) in [6.07, 6.45) is 4.68. The minimum Gasteiger partial charge on any atom is -0.412 e. The first-order valence-corrected chi connectivity index (χ1v) is 4.05. The first-order valence-electron chi connectivity index (χ1n) is 4.05. The predicted molar refractivity (Wildman–Crippen MR) is 47.6 cm³/mol. The van der Waals surface area contributed by atoms with Gasteiger partial charge in [0, 0.05) is 13.2 Å². The van der Waals surface area contributed by atoms with Gasteiger partial charge in [0.25, 0.3) is 0 Å². The molecule has 0 unspecified atom stereocenters. The van der Waals surface area contributed by atoms with E-state index in [1.807, 2.05) is 0 Å². The molecule has 11 heavy (non-hydrogen) atoms. The van der Waals surface area contributed by atoms with E-state index in [-0.39, 0.29) is 12.1 Å². The third-order valence-corrected chi connectivity index (χ3v) is 1.01. The summed E-state index contributed by atoms with van der Waals surface area (Å²) in [5.41, 5.74) is 0. The Labute approximate surface area is 69.4 Å². The zero-order valence-electron chi connectivity index (χ0n) is 7.64. The highest BCUT2D eigenvalue weighted by Gasteiger charge is 1.80. The standard InChI is InChI=1S/C6H14O.C2H6O.H2O/c1-2-3-4-5-6-7;1-2-3;/h7H,2-6H2,1H3;3H,2H2,1H3;1H2. The first kappa shape index (κ1) is 17.1. The summed E-state index contributed by atoms with van der Waals surface area (Å²) in [6, 6.07) is 0. The van der Waals surface area contributed by atoms with Crippen LogP contribution >= 0.6 is 0 Å². The highest BCUT2D eigenvalue weighted by molar-refractivity contribution is 4.35. The van der Waals surface area contributed by atoms with Gasteiger partial charge < -0.3 is 15.7 Å². The molecule has 0 aromatic rings. The lowest BCUT2D eigenvalue weighted by Gasteiger charge is -1.90. The molecule has 0 saturated heterocycles. The summed E-state index contributed by atoms with van der Waals surface area (Å²) in [5.74, 6) is 0. The van der Waals surface area contributed by atoms with E-state index in [1.165, 1.54) is 19.3 Å². The van der Waals surface area contributed by atoms with Crippen LogP contribution in [0, 0.1) is 0 Å². The summed E-state index contributed by atoms with van der Waals surface area (Å²) in [5, 5.41) is 15.9. The summed E-state index contributed by atoms with van der Waals surface area (Å²) >= 11 is 0. The Morgan fingerprint density at radius 3 is 1.64 bits per heavy atom. The molecule has 4 N–H and O–H groups in total. The van der Waals surface area contributed by atoms with Gasteiger partial charge in [-0.3, -0.25) is 0 Å². The fraction of sp³-hybridized carbons (Fsp3) is 1.00. The van der Waals surface area contributed by atoms with E-state index in [4.69, 9.17) is 10.2 Å². The fourth-order valence-corrected chi connectivity index (χ4v) is 0.539. The van der Waals surface area contributed by atoms with Crippen molar-refractivity contribution in [2.45, 2.75) is 39.5 Å². The topological polar surface area (TPSA) is 72.0 Å². The number of hydrogen-bond donors (Lipinski definition) is 2. The van der Waals surface area contributed by atoms with Crippen molar-refractivity contribution in [2.24, 2.45) is 0 Å². The molecule has 0 aliphatic heterocycles. The molecule has 0 heterocycles. The van der Waals surface area contributed by atoms with Gasteiger partial charge in [-0.2, -0.15) is 0 Å². The van der Waals surface area contributed by atoms with Crippen LogP contribution in [-0.2, 0) is 0 Å². The Morgan fingerprint density at radius 1 is 0.909 bits per heavy atom. The second-order valence-corrected chi connectivity index (χ2v) is 2.10. The normalized spacial score (nSPS) is 7.64. The van der Waals surface area contributed by atoms with E-state index >= 15 is 0 Å². The molecule has 0 aliphatic rings. The van der Waals surface area contributed by atoms with Crippen molar-refractivity contribution >= 4 is 0 Å². The molecule has 0 aromatic heterocycles. The van der Waals surface area contributed by atoms with Crippen LogP contribution in [0.3, 0.4) is 0 Å². The molecule has 0 saturated carbocycles. The molecule has 0 radical (unpaired) electrons. The Kier molecular flexibility index (Phi) is 35.0. The van der Waals surface area contributed by atoms with Gasteiger partial charge in [0.05, 0.1) is 0 Å². The molecule has 72 valence electrons. The van der Waals surface area contributed by atoms with Crippen molar-refractivity contribution in [3.05, 3.63) is 0 Å². The van der Waals surface area contributed by atoms with Crippen LogP contribution in [0.15, 0.2) is 0 Å². The summed E-state index contributed by atoms with van der Waals surface area (Å²) in [7, 11) is 0. The lowest BCUT2D eigenvalue weighted by atomic mass is 10.2. The number of aliphatic hydroxyl groups excluding tert-OH is 2. The van der Waals surface area contributed by atoms with Gasteiger partial charge in [0.1, 0.15) is 0 Å². The molecule has 0 bridgehead atoms. The largest absolute Gasteiger partial charge is 0.412 e. The van der Waals surface area contributed by atoms with E-state index in [0.29, 0.717) is 6.61 Å². The Morgan fingerprint density at radius 2 is 1.36 bits per heavy atom. The van der Waals surface area contributed by atoms with Crippen molar-refractivity contribution in [2.75, 3.05) is 13.2 Å². The lowest BCUT2D eigenvalue weighted by molar-refractivity contribution is 0.283. The summed E-state index contributed by atoms with van der Waals surface area (Å²) in [4.78, 5) is 0. The second-order valence-electron chi connectivity index (χ2n) is 2.10. The monoisotopic (exact) mass is 166 g/mol. The summed E-state index contributed by atoms with van der Waals surface area (Å²) < 4.78 is 0. The van der Waals surface area contributed by atoms with Crippen molar-refractivity contribution in [3.8, 4) is 0 Å². The van der Waals surface area contributed by atoms with Crippen molar-refractivity contribution in [1.29, 1.82) is 0 Å². The number of rotatable bonds is 4. The zero-order valence-corrected chi connectivity index (χ0v) is 7.64. The minimum atomic E-state index is 0. The Hall–Kier alpha value is -0.120. The summed E-state index contributed by atoms with van der Waals surface area (Å²) in [6.45, 7) is 4.46. The Balaban J connectivity index is -0.000000140. The molecule has 0 spiro atoms. The molecular weight excluding hydrogens is 144 g/mol. The van der Waals surface area contributed by atoms with Gasteiger partial charge in [0.15, 0.2) is 0 Å². The van der Waals surface area contributed by atoms with Gasteiger partial charge in [-0.25, -0.2) is 0 Å². The van der Waals surface area contributed by atoms with Gasteiger partial charge in [-0.15, -0.1) is 0 Å². The maximum Gasteiger partial charge on any atom is 0.0431 e. The maximum absolute atomic E-state index is 8.29. The Bertz CT molecular complexity index is 36.3. The first-order chi connectivity index (χ1) is 4.83. The van der Waals surface area contributed by atoms with Crippen LogP contribution in [0.4, 0.5) is 0 Å². The molecule has 0 aliphatic carbocycles.